The first-order chi connectivity index (χ1) is 6.88. The smallest absolute Gasteiger partial charge is 0.0107 e. The van der Waals surface area contributed by atoms with Crippen molar-refractivity contribution < 1.29 is 0 Å². The predicted molar refractivity (Wildman–Crippen MR) is 61.1 cm³/mol. The Morgan fingerprint density at radius 1 is 1.07 bits per heavy atom. The zero-order chi connectivity index (χ0) is 10.2. The molecule has 0 spiro atoms. The first-order valence-electron chi connectivity index (χ1n) is 6.02. The average Bonchev–Trinajstić information content (AvgIpc) is 2.25. The zero-order valence-corrected chi connectivity index (χ0v) is 9.17. The van der Waals surface area contributed by atoms with Crippen LogP contribution in [0, 0.1) is 5.92 Å². The lowest BCUT2D eigenvalue weighted by molar-refractivity contribution is 0.267. The van der Waals surface area contributed by atoms with Gasteiger partial charge < -0.3 is 16.8 Å². The van der Waals surface area contributed by atoms with Gasteiger partial charge in [0, 0.05) is 6.04 Å². The summed E-state index contributed by atoms with van der Waals surface area (Å²) in [5.41, 5.74) is 11.2. The van der Waals surface area contributed by atoms with Gasteiger partial charge in [0.1, 0.15) is 0 Å². The fourth-order valence-electron chi connectivity index (χ4n) is 2.32. The van der Waals surface area contributed by atoms with Crippen LogP contribution in [0.4, 0.5) is 0 Å². The molecule has 1 aliphatic carbocycles. The van der Waals surface area contributed by atoms with Crippen LogP contribution in [-0.4, -0.2) is 25.7 Å². The van der Waals surface area contributed by atoms with Crippen molar-refractivity contribution in [3.05, 3.63) is 0 Å². The summed E-state index contributed by atoms with van der Waals surface area (Å²) in [5, 5.41) is 3.62. The van der Waals surface area contributed by atoms with E-state index in [1.165, 1.54) is 32.1 Å². The van der Waals surface area contributed by atoms with Crippen LogP contribution >= 0.6 is 0 Å². The van der Waals surface area contributed by atoms with Crippen LogP contribution in [0.15, 0.2) is 0 Å². The van der Waals surface area contributed by atoms with Crippen molar-refractivity contribution in [2.45, 2.75) is 44.6 Å². The Balaban J connectivity index is 2.13. The Labute approximate surface area is 87.6 Å². The molecule has 3 nitrogen and oxygen atoms in total. The molecular weight excluding hydrogens is 174 g/mol. The van der Waals surface area contributed by atoms with Crippen molar-refractivity contribution >= 4 is 0 Å². The van der Waals surface area contributed by atoms with Gasteiger partial charge in [0.2, 0.25) is 0 Å². The third-order valence-electron chi connectivity index (χ3n) is 3.25. The van der Waals surface area contributed by atoms with Crippen molar-refractivity contribution in [3.8, 4) is 0 Å². The van der Waals surface area contributed by atoms with Crippen molar-refractivity contribution in [3.63, 3.8) is 0 Å². The van der Waals surface area contributed by atoms with E-state index >= 15 is 0 Å². The van der Waals surface area contributed by atoms with Gasteiger partial charge in [0.25, 0.3) is 0 Å². The molecule has 14 heavy (non-hydrogen) atoms. The van der Waals surface area contributed by atoms with E-state index < -0.39 is 0 Å². The molecule has 0 heterocycles. The summed E-state index contributed by atoms with van der Waals surface area (Å²) in [6.45, 7) is 2.76. The summed E-state index contributed by atoms with van der Waals surface area (Å²) < 4.78 is 0. The van der Waals surface area contributed by atoms with Gasteiger partial charge in [0.15, 0.2) is 0 Å². The molecule has 2 atom stereocenters. The lowest BCUT2D eigenvalue weighted by atomic mass is 9.84. The number of hydrogen-bond acceptors (Lipinski definition) is 3. The summed E-state index contributed by atoms with van der Waals surface area (Å²) in [4.78, 5) is 0. The van der Waals surface area contributed by atoms with Gasteiger partial charge in [-0.05, 0) is 51.2 Å². The van der Waals surface area contributed by atoms with Crippen LogP contribution in [0.3, 0.4) is 0 Å². The molecule has 0 radical (unpaired) electrons. The molecule has 1 rings (SSSR count). The van der Waals surface area contributed by atoms with Gasteiger partial charge in [-0.3, -0.25) is 0 Å². The van der Waals surface area contributed by atoms with Crippen LogP contribution < -0.4 is 16.8 Å². The Kier molecular flexibility index (Phi) is 6.15. The Bertz CT molecular complexity index is 138. The Morgan fingerprint density at radius 3 is 2.57 bits per heavy atom. The van der Waals surface area contributed by atoms with E-state index in [-0.39, 0.29) is 0 Å². The molecule has 0 aromatic carbocycles. The summed E-state index contributed by atoms with van der Waals surface area (Å²) in [5.74, 6) is 0.710. The molecule has 0 aliphatic heterocycles. The topological polar surface area (TPSA) is 64.1 Å². The number of hydrogen-bond donors (Lipinski definition) is 3. The summed E-state index contributed by atoms with van der Waals surface area (Å²) in [6, 6.07) is 0.673. The highest BCUT2D eigenvalue weighted by atomic mass is 14.9. The van der Waals surface area contributed by atoms with Crippen molar-refractivity contribution in [1.82, 2.24) is 5.32 Å². The van der Waals surface area contributed by atoms with Crippen LogP contribution in [0.2, 0.25) is 0 Å². The van der Waals surface area contributed by atoms with E-state index in [1.54, 1.807) is 0 Å². The molecule has 84 valence electrons. The Hall–Kier alpha value is -0.120. The summed E-state index contributed by atoms with van der Waals surface area (Å²) in [6.07, 6.45) is 7.68. The van der Waals surface area contributed by atoms with Gasteiger partial charge in [-0.15, -0.1) is 0 Å². The van der Waals surface area contributed by atoms with Crippen molar-refractivity contribution in [1.29, 1.82) is 0 Å². The van der Waals surface area contributed by atoms with Gasteiger partial charge in [-0.2, -0.15) is 0 Å². The molecule has 0 bridgehead atoms. The fraction of sp³-hybridized carbons (Fsp3) is 1.00. The highest BCUT2D eigenvalue weighted by Gasteiger charge is 2.22. The van der Waals surface area contributed by atoms with Gasteiger partial charge >= 0.3 is 0 Å². The van der Waals surface area contributed by atoms with Gasteiger partial charge in [-0.1, -0.05) is 12.8 Å². The quantitative estimate of drug-likeness (QED) is 0.555. The van der Waals surface area contributed by atoms with Gasteiger partial charge in [-0.25, -0.2) is 0 Å². The minimum Gasteiger partial charge on any atom is -0.330 e. The minimum absolute atomic E-state index is 0.673. The van der Waals surface area contributed by atoms with Crippen molar-refractivity contribution in [2.75, 3.05) is 19.6 Å². The molecular formula is C11H25N3. The van der Waals surface area contributed by atoms with Crippen LogP contribution in [0.5, 0.6) is 0 Å². The predicted octanol–water partition coefficient (Wildman–Crippen LogP) is 0.832. The molecule has 1 saturated carbocycles. The second-order valence-electron chi connectivity index (χ2n) is 4.34. The molecule has 0 saturated heterocycles. The third kappa shape index (κ3) is 3.95. The zero-order valence-electron chi connectivity index (χ0n) is 9.17. The largest absolute Gasteiger partial charge is 0.330 e. The van der Waals surface area contributed by atoms with Crippen molar-refractivity contribution in [2.24, 2.45) is 17.4 Å². The first kappa shape index (κ1) is 12.0. The lowest BCUT2D eigenvalue weighted by Crippen LogP contribution is -2.42. The van der Waals surface area contributed by atoms with E-state index in [0.29, 0.717) is 12.0 Å². The second-order valence-corrected chi connectivity index (χ2v) is 4.34. The molecule has 3 heteroatoms. The highest BCUT2D eigenvalue weighted by molar-refractivity contribution is 4.81. The number of rotatable bonds is 6. The molecule has 1 aliphatic rings. The molecule has 0 amide bonds. The maximum atomic E-state index is 5.76. The highest BCUT2D eigenvalue weighted by Crippen LogP contribution is 2.23. The van der Waals surface area contributed by atoms with Crippen LogP contribution in [0.1, 0.15) is 38.5 Å². The molecule has 0 aromatic rings. The molecule has 2 unspecified atom stereocenters. The van der Waals surface area contributed by atoms with E-state index in [4.69, 9.17) is 11.5 Å². The van der Waals surface area contributed by atoms with Crippen LogP contribution in [-0.2, 0) is 0 Å². The van der Waals surface area contributed by atoms with Gasteiger partial charge in [0.05, 0.1) is 0 Å². The lowest BCUT2D eigenvalue weighted by Gasteiger charge is -2.31. The van der Waals surface area contributed by atoms with E-state index in [0.717, 1.165) is 26.1 Å². The third-order valence-corrected chi connectivity index (χ3v) is 3.25. The number of unbranched alkanes of at least 4 members (excludes halogenated alkanes) is 1. The Morgan fingerprint density at radius 2 is 1.86 bits per heavy atom. The average molecular weight is 199 g/mol. The molecule has 1 fully saturated rings. The monoisotopic (exact) mass is 199 g/mol. The van der Waals surface area contributed by atoms with E-state index in [2.05, 4.69) is 5.32 Å². The summed E-state index contributed by atoms with van der Waals surface area (Å²) in [7, 11) is 0. The normalized spacial score (nSPS) is 27.9. The first-order valence-corrected chi connectivity index (χ1v) is 6.02. The number of nitrogens with two attached hydrogens (primary N) is 2. The van der Waals surface area contributed by atoms with E-state index in [1.807, 2.05) is 0 Å². The van der Waals surface area contributed by atoms with E-state index in [9.17, 15) is 0 Å². The second kappa shape index (κ2) is 7.21. The SMILES string of the molecule is NCCCCNC1CCCCC1CN. The standard InChI is InChI=1S/C11H25N3/c12-7-3-4-8-14-11-6-2-1-5-10(11)9-13/h10-11,14H,1-9,12-13H2. The maximum Gasteiger partial charge on any atom is 0.0107 e. The maximum absolute atomic E-state index is 5.76. The molecule has 5 N–H and O–H groups in total. The van der Waals surface area contributed by atoms with Crippen LogP contribution in [0.25, 0.3) is 0 Å². The fourth-order valence-corrected chi connectivity index (χ4v) is 2.32. The molecule has 0 aromatic heterocycles. The summed E-state index contributed by atoms with van der Waals surface area (Å²) >= 11 is 0. The number of nitrogens with one attached hydrogen (secondary N) is 1. The minimum atomic E-state index is 0.673.